The Labute approximate surface area is 153 Å². The number of nitrogens with zero attached hydrogens (tertiary/aromatic N) is 6. The van der Waals surface area contributed by atoms with Gasteiger partial charge in [0.1, 0.15) is 23.9 Å². The Morgan fingerprint density at radius 2 is 1.67 bits per heavy atom. The number of benzene rings is 2. The molecular weight excluding hydrogens is 342 g/mol. The summed E-state index contributed by atoms with van der Waals surface area (Å²) in [5, 5.41) is 27.8. The van der Waals surface area contributed by atoms with Crippen molar-refractivity contribution in [1.29, 1.82) is 5.26 Å². The van der Waals surface area contributed by atoms with Gasteiger partial charge in [-0.3, -0.25) is 4.79 Å². The third-order valence-electron chi connectivity index (χ3n) is 4.06. The molecule has 0 unspecified atom stereocenters. The van der Waals surface area contributed by atoms with Crippen LogP contribution in [0.5, 0.6) is 0 Å². The number of aromatic nitrogens is 6. The lowest BCUT2D eigenvalue weighted by Crippen LogP contribution is -2.28. The highest BCUT2D eigenvalue weighted by molar-refractivity contribution is 5.84. The molecule has 0 spiro atoms. The van der Waals surface area contributed by atoms with Crippen LogP contribution in [0, 0.1) is 11.3 Å². The molecule has 2 heterocycles. The third-order valence-corrected chi connectivity index (χ3v) is 4.06. The Kier molecular flexibility index (Phi) is 4.25. The maximum atomic E-state index is 12.9. The number of hydrogen-bond donors (Lipinski definition) is 1. The van der Waals surface area contributed by atoms with E-state index in [0.717, 1.165) is 11.1 Å². The van der Waals surface area contributed by atoms with Crippen molar-refractivity contribution in [3.8, 4) is 28.5 Å². The molecule has 27 heavy (non-hydrogen) atoms. The van der Waals surface area contributed by atoms with Crippen molar-refractivity contribution in [2.75, 3.05) is 0 Å². The lowest BCUT2D eigenvalue weighted by Gasteiger charge is -2.13. The van der Waals surface area contributed by atoms with Gasteiger partial charge in [-0.15, -0.1) is 10.2 Å². The van der Waals surface area contributed by atoms with Gasteiger partial charge in [0.05, 0.1) is 0 Å². The Morgan fingerprint density at radius 3 is 2.26 bits per heavy atom. The number of rotatable bonds is 4. The van der Waals surface area contributed by atoms with Gasteiger partial charge >= 0.3 is 0 Å². The molecule has 0 bridgehead atoms. The fraction of sp³-hybridized carbons (Fsp3) is 0.0526. The zero-order chi connectivity index (χ0) is 18.6. The van der Waals surface area contributed by atoms with Crippen LogP contribution in [0.4, 0.5) is 0 Å². The zero-order valence-corrected chi connectivity index (χ0v) is 14.1. The Balaban J connectivity index is 2.01. The molecule has 0 saturated carbocycles. The van der Waals surface area contributed by atoms with E-state index in [9.17, 15) is 10.1 Å². The largest absolute Gasteiger partial charge is 0.285 e. The second-order valence-corrected chi connectivity index (χ2v) is 5.73. The van der Waals surface area contributed by atoms with Gasteiger partial charge in [-0.2, -0.15) is 15.6 Å². The first-order valence-corrected chi connectivity index (χ1v) is 8.16. The molecule has 4 aromatic rings. The average molecular weight is 355 g/mol. The molecule has 2 aromatic heterocycles. The quantitative estimate of drug-likeness (QED) is 0.599. The first-order valence-electron chi connectivity index (χ1n) is 8.16. The van der Waals surface area contributed by atoms with Crippen molar-refractivity contribution < 1.29 is 0 Å². The minimum atomic E-state index is -0.499. The molecule has 0 atom stereocenters. The molecule has 0 aliphatic heterocycles. The van der Waals surface area contributed by atoms with Gasteiger partial charge < -0.3 is 0 Å². The molecule has 8 heteroatoms. The van der Waals surface area contributed by atoms with Crippen LogP contribution in [-0.2, 0) is 6.54 Å². The SMILES string of the molecule is N#Cc1c(-c2ccccc2)c(-c2ccccc2)nn(Cc2nn[nH]n2)c1=O. The van der Waals surface area contributed by atoms with Crippen LogP contribution in [0.15, 0.2) is 65.5 Å². The van der Waals surface area contributed by atoms with E-state index in [-0.39, 0.29) is 12.1 Å². The predicted molar refractivity (Wildman–Crippen MR) is 97.4 cm³/mol. The van der Waals surface area contributed by atoms with E-state index >= 15 is 0 Å². The molecule has 0 saturated heterocycles. The van der Waals surface area contributed by atoms with Crippen molar-refractivity contribution in [3.05, 3.63) is 82.4 Å². The fourth-order valence-corrected chi connectivity index (χ4v) is 2.85. The molecule has 2 aromatic carbocycles. The smallest absolute Gasteiger partial charge is 0.266 e. The van der Waals surface area contributed by atoms with Gasteiger partial charge in [-0.1, -0.05) is 65.9 Å². The van der Waals surface area contributed by atoms with Crippen LogP contribution >= 0.6 is 0 Å². The van der Waals surface area contributed by atoms with Crippen molar-refractivity contribution in [2.45, 2.75) is 6.54 Å². The van der Waals surface area contributed by atoms with E-state index in [1.165, 1.54) is 4.68 Å². The summed E-state index contributed by atoms with van der Waals surface area (Å²) in [6.45, 7) is 0.0128. The molecule has 1 N–H and O–H groups in total. The summed E-state index contributed by atoms with van der Waals surface area (Å²) in [5.74, 6) is 0.306. The van der Waals surface area contributed by atoms with Crippen molar-refractivity contribution in [3.63, 3.8) is 0 Å². The molecule has 0 aliphatic rings. The second-order valence-electron chi connectivity index (χ2n) is 5.73. The molecular formula is C19H13N7O. The van der Waals surface area contributed by atoms with Crippen LogP contribution in [0.1, 0.15) is 11.4 Å². The summed E-state index contributed by atoms with van der Waals surface area (Å²) in [4.78, 5) is 12.9. The number of tetrazole rings is 1. The summed E-state index contributed by atoms with van der Waals surface area (Å²) in [6.07, 6.45) is 0. The van der Waals surface area contributed by atoms with Gasteiger partial charge in [0.25, 0.3) is 5.56 Å². The Bertz CT molecular complexity index is 1160. The van der Waals surface area contributed by atoms with Crippen LogP contribution in [0.3, 0.4) is 0 Å². The highest BCUT2D eigenvalue weighted by atomic mass is 16.1. The molecule has 4 rings (SSSR count). The number of nitrogens with one attached hydrogen (secondary N) is 1. The van der Waals surface area contributed by atoms with Gasteiger partial charge in [-0.05, 0) is 5.56 Å². The third kappa shape index (κ3) is 3.09. The summed E-state index contributed by atoms with van der Waals surface area (Å²) in [7, 11) is 0. The van der Waals surface area contributed by atoms with E-state index in [1.807, 2.05) is 60.7 Å². The molecule has 0 fully saturated rings. The predicted octanol–water partition coefficient (Wildman–Crippen LogP) is 2.01. The van der Waals surface area contributed by atoms with Crippen LogP contribution < -0.4 is 5.56 Å². The zero-order valence-electron chi connectivity index (χ0n) is 14.1. The first kappa shape index (κ1) is 16.4. The van der Waals surface area contributed by atoms with Gasteiger partial charge in [0.15, 0.2) is 5.82 Å². The van der Waals surface area contributed by atoms with Gasteiger partial charge in [0, 0.05) is 11.1 Å². The minimum Gasteiger partial charge on any atom is -0.266 e. The summed E-state index contributed by atoms with van der Waals surface area (Å²) < 4.78 is 1.19. The Hall–Kier alpha value is -4.12. The van der Waals surface area contributed by atoms with E-state index < -0.39 is 5.56 Å². The monoisotopic (exact) mass is 355 g/mol. The number of aromatic amines is 1. The van der Waals surface area contributed by atoms with Crippen LogP contribution in [0.25, 0.3) is 22.4 Å². The molecule has 0 amide bonds. The van der Waals surface area contributed by atoms with Crippen LogP contribution in [-0.4, -0.2) is 30.4 Å². The van der Waals surface area contributed by atoms with Crippen molar-refractivity contribution >= 4 is 0 Å². The second kappa shape index (κ2) is 7.01. The first-order chi connectivity index (χ1) is 13.3. The molecule has 0 aliphatic carbocycles. The van der Waals surface area contributed by atoms with E-state index in [1.54, 1.807) is 0 Å². The van der Waals surface area contributed by atoms with Crippen molar-refractivity contribution in [2.24, 2.45) is 0 Å². The fourth-order valence-electron chi connectivity index (χ4n) is 2.85. The van der Waals surface area contributed by atoms with Crippen LogP contribution in [0.2, 0.25) is 0 Å². The highest BCUT2D eigenvalue weighted by Crippen LogP contribution is 2.31. The summed E-state index contributed by atoms with van der Waals surface area (Å²) in [6, 6.07) is 20.8. The van der Waals surface area contributed by atoms with Gasteiger partial charge in [-0.25, -0.2) is 4.68 Å². The summed E-state index contributed by atoms with van der Waals surface area (Å²) in [5.41, 5.74) is 2.14. The molecule has 130 valence electrons. The van der Waals surface area contributed by atoms with Gasteiger partial charge in [0.2, 0.25) is 0 Å². The number of H-pyrrole nitrogens is 1. The van der Waals surface area contributed by atoms with E-state index in [4.69, 9.17) is 0 Å². The lowest BCUT2D eigenvalue weighted by molar-refractivity contribution is 0.617. The number of hydrogen-bond acceptors (Lipinski definition) is 6. The molecule has 8 nitrogen and oxygen atoms in total. The number of nitriles is 1. The standard InChI is InChI=1S/C19H13N7O/c20-11-15-17(13-7-3-1-4-8-13)18(14-9-5-2-6-10-14)23-26(19(15)27)12-16-21-24-25-22-16/h1-10H,12H2,(H,21,22,24,25). The lowest BCUT2D eigenvalue weighted by atomic mass is 9.96. The van der Waals surface area contributed by atoms with Crippen molar-refractivity contribution in [1.82, 2.24) is 30.4 Å². The molecule has 0 radical (unpaired) electrons. The normalized spacial score (nSPS) is 10.5. The Morgan fingerprint density at radius 1 is 1.00 bits per heavy atom. The van der Waals surface area contributed by atoms with E-state index in [0.29, 0.717) is 17.1 Å². The average Bonchev–Trinajstić information content (AvgIpc) is 3.23. The minimum absolute atomic E-state index is 0.0128. The summed E-state index contributed by atoms with van der Waals surface area (Å²) >= 11 is 0. The highest BCUT2D eigenvalue weighted by Gasteiger charge is 2.20. The van der Waals surface area contributed by atoms with E-state index in [2.05, 4.69) is 31.8 Å². The topological polar surface area (TPSA) is 113 Å². The maximum Gasteiger partial charge on any atom is 0.285 e. The maximum absolute atomic E-state index is 12.9.